The molecule has 0 aliphatic carbocycles. The molecule has 5 aromatic heterocycles. The van der Waals surface area contributed by atoms with Crippen LogP contribution in [0.3, 0.4) is 0 Å². The average Bonchev–Trinajstić information content (AvgIpc) is 1.15. The zero-order chi connectivity index (χ0) is 64.1. The van der Waals surface area contributed by atoms with Crippen molar-refractivity contribution in [2.24, 2.45) is 35.2 Å². The van der Waals surface area contributed by atoms with E-state index < -0.39 is 13.7 Å². The summed E-state index contributed by atoms with van der Waals surface area (Å²) in [6.45, 7) is 21.1. The monoisotopic (exact) mass is 1080 g/mol. The van der Waals surface area contributed by atoms with Gasteiger partial charge in [0.05, 0.1) is 0 Å². The molecule has 0 N–H and O–H groups in total. The normalized spacial score (nSPS) is 12.0. The largest absolute Gasteiger partial charge is 0.215 e. The maximum atomic E-state index is 7.64. The second-order valence-electron chi connectivity index (χ2n) is 21.8. The number of aromatic nitrogens is 5. The van der Waals surface area contributed by atoms with Gasteiger partial charge in [-0.05, 0) is 176 Å². The highest BCUT2D eigenvalue weighted by Gasteiger charge is 2.20. The van der Waals surface area contributed by atoms with Gasteiger partial charge < -0.3 is 0 Å². The van der Waals surface area contributed by atoms with Crippen molar-refractivity contribution in [3.05, 3.63) is 267 Å². The molecule has 0 fully saturated rings. The molecule has 0 aliphatic heterocycles. The number of pyridine rings is 5. The van der Waals surface area contributed by atoms with Crippen molar-refractivity contribution in [3.63, 3.8) is 0 Å². The van der Waals surface area contributed by atoms with Gasteiger partial charge in [-0.2, -0.15) is 0 Å². The molecule has 416 valence electrons. The zero-order valence-electron chi connectivity index (χ0n) is 57.5. The van der Waals surface area contributed by atoms with Gasteiger partial charge in [-0.3, -0.25) is 0 Å². The van der Waals surface area contributed by atoms with E-state index in [0.717, 1.165) is 45.6 Å². The highest BCUT2D eigenvalue weighted by Crippen LogP contribution is 2.28. The zero-order valence-corrected chi connectivity index (χ0v) is 51.5. The Bertz CT molecular complexity index is 3950. The summed E-state index contributed by atoms with van der Waals surface area (Å²) in [5.41, 5.74) is 26.3. The first-order valence-corrected chi connectivity index (χ1v) is 28.3. The van der Waals surface area contributed by atoms with E-state index in [-0.39, 0.29) is 0 Å². The molecule has 5 nitrogen and oxygen atoms in total. The fourth-order valence-electron chi connectivity index (χ4n) is 10.4. The standard InChI is InChI=1S/C16H20N.4C15H18N/c1-11-8-6-7-9-15(11)16-14(4)13(3)12(2)10-17(16)5;1-11-9-13(3)15(16(4)10-11)14-8-6-5-7-12(14)2;1-11-9-10-16(4)15(13(11)3)14-8-6-5-7-12(14)2;1-12(2)14-9-10-15(16(3)11-14)13-7-5-4-6-8-13;1-4-13-9-10-15(16(3)11-13)14-8-6-5-7-12(14)2/h6-10H,1-5H3;2*5-10H,1-4H3;4-12H,1-3H3;5-11H,4H2,1-3H3/q5*+1/i2D3;1D3;;;. The number of nitrogens with zero attached hydrogens (tertiary/aromatic N) is 5. The first kappa shape index (κ1) is 53.5. The maximum Gasteiger partial charge on any atom is 0.215 e. The molecule has 10 rings (SSSR count). The first-order valence-electron chi connectivity index (χ1n) is 31.3. The van der Waals surface area contributed by atoms with E-state index in [4.69, 9.17) is 8.22 Å². The fourth-order valence-corrected chi connectivity index (χ4v) is 10.4. The number of aryl methyl sites for hydroxylation is 14. The van der Waals surface area contributed by atoms with Crippen molar-refractivity contribution in [1.82, 2.24) is 0 Å². The third kappa shape index (κ3) is 15.8. The molecule has 0 spiro atoms. The van der Waals surface area contributed by atoms with Crippen molar-refractivity contribution < 1.29 is 31.1 Å². The third-order valence-electron chi connectivity index (χ3n) is 15.4. The number of rotatable bonds is 7. The molecule has 0 unspecified atom stereocenters. The Morgan fingerprint density at radius 2 is 0.852 bits per heavy atom. The van der Waals surface area contributed by atoms with Gasteiger partial charge in [-0.1, -0.05) is 112 Å². The molecule has 5 heterocycles. The highest BCUT2D eigenvalue weighted by atomic mass is 14.9. The van der Waals surface area contributed by atoms with Crippen LogP contribution in [0.1, 0.15) is 107 Å². The maximum absolute atomic E-state index is 7.64. The Balaban J connectivity index is 0.000000174. The van der Waals surface area contributed by atoms with Crippen LogP contribution in [0, 0.1) is 76.0 Å². The van der Waals surface area contributed by atoms with Crippen LogP contribution in [0.2, 0.25) is 0 Å². The number of benzene rings is 5. The lowest BCUT2D eigenvalue weighted by atomic mass is 9.97. The minimum Gasteiger partial charge on any atom is -0.201 e. The number of hydrogen-bond donors (Lipinski definition) is 0. The lowest BCUT2D eigenvalue weighted by Gasteiger charge is -2.10. The minimum absolute atomic E-state index is 0.379. The van der Waals surface area contributed by atoms with E-state index in [1.807, 2.05) is 74.3 Å². The quantitative estimate of drug-likeness (QED) is 0.142. The van der Waals surface area contributed by atoms with Gasteiger partial charge in [0.25, 0.3) is 0 Å². The van der Waals surface area contributed by atoms with Crippen molar-refractivity contribution in [3.8, 4) is 56.3 Å². The molecule has 5 aromatic carbocycles. The van der Waals surface area contributed by atoms with Gasteiger partial charge in [0.15, 0.2) is 31.0 Å². The predicted molar refractivity (Wildman–Crippen MR) is 341 cm³/mol. The molecular formula is C76H92N5+5. The van der Waals surface area contributed by atoms with E-state index in [1.54, 1.807) is 18.5 Å². The van der Waals surface area contributed by atoms with E-state index in [9.17, 15) is 0 Å². The van der Waals surface area contributed by atoms with Gasteiger partial charge in [-0.15, -0.1) is 0 Å². The average molecular weight is 1080 g/mol. The minimum atomic E-state index is -2.07. The Labute approximate surface area is 496 Å². The van der Waals surface area contributed by atoms with Crippen LogP contribution < -0.4 is 22.8 Å². The summed E-state index contributed by atoms with van der Waals surface area (Å²) in [6.07, 6.45) is 11.1. The summed E-state index contributed by atoms with van der Waals surface area (Å²) >= 11 is 0. The lowest BCUT2D eigenvalue weighted by Crippen LogP contribution is -2.33. The van der Waals surface area contributed by atoms with E-state index in [2.05, 4.69) is 243 Å². The second kappa shape index (κ2) is 28.8. The smallest absolute Gasteiger partial charge is 0.201 e. The summed E-state index contributed by atoms with van der Waals surface area (Å²) in [7, 11) is 10.1. The fraction of sp³-hybridized carbons (Fsp3) is 0.276. The van der Waals surface area contributed by atoms with Crippen LogP contribution in [0.5, 0.6) is 0 Å². The molecule has 0 saturated carbocycles. The SMILES string of the molecule is CC(C)c1ccc(-c2ccccc2)[n+](C)c1.CCc1ccc(-c2ccccc2C)[n+](C)c1.Cc1ccccc1-c1c(C)c(C)cc[n+]1C.[2H]C([2H])([2H])c1c[n+](C)c(-c2ccccc2C)c(C)c1C.[2H]C([2H])([2H])c1cc(C)c(-c2ccccc2C)[n+](C)c1. The van der Waals surface area contributed by atoms with Gasteiger partial charge >= 0.3 is 0 Å². The van der Waals surface area contributed by atoms with E-state index >= 15 is 0 Å². The molecule has 81 heavy (non-hydrogen) atoms. The molecule has 0 saturated heterocycles. The van der Waals surface area contributed by atoms with Gasteiger partial charge in [0, 0.05) is 93.2 Å². The molecular weight excluding hydrogens is 983 g/mol. The van der Waals surface area contributed by atoms with Crippen molar-refractivity contribution in [2.75, 3.05) is 0 Å². The predicted octanol–water partition coefficient (Wildman–Crippen LogP) is 16.0. The molecule has 0 bridgehead atoms. The van der Waals surface area contributed by atoms with E-state index in [1.165, 1.54) is 78.3 Å². The van der Waals surface area contributed by atoms with Crippen LogP contribution in [0.4, 0.5) is 0 Å². The van der Waals surface area contributed by atoms with Crippen LogP contribution in [-0.2, 0) is 41.7 Å². The van der Waals surface area contributed by atoms with Gasteiger partial charge in [0.2, 0.25) is 28.5 Å². The second-order valence-corrected chi connectivity index (χ2v) is 21.8. The Morgan fingerprint density at radius 3 is 1.33 bits per heavy atom. The van der Waals surface area contributed by atoms with E-state index in [0.29, 0.717) is 17.0 Å². The summed E-state index contributed by atoms with van der Waals surface area (Å²) in [5, 5.41) is 0. The molecule has 0 atom stereocenters. The summed E-state index contributed by atoms with van der Waals surface area (Å²) < 4.78 is 55.9. The van der Waals surface area contributed by atoms with Gasteiger partial charge in [-0.25, -0.2) is 22.8 Å². The van der Waals surface area contributed by atoms with Crippen LogP contribution in [-0.4, -0.2) is 0 Å². The Kier molecular flexibility index (Phi) is 19.0. The van der Waals surface area contributed by atoms with Crippen molar-refractivity contribution >= 4 is 0 Å². The van der Waals surface area contributed by atoms with Gasteiger partial charge in [0.1, 0.15) is 35.2 Å². The summed E-state index contributed by atoms with van der Waals surface area (Å²) in [5.74, 6) is 0.580. The molecule has 0 radical (unpaired) electrons. The Hall–Kier alpha value is -8.15. The molecule has 5 heteroatoms. The Morgan fingerprint density at radius 1 is 0.370 bits per heavy atom. The summed E-state index contributed by atoms with van der Waals surface area (Å²) in [6, 6.07) is 56.6. The highest BCUT2D eigenvalue weighted by molar-refractivity contribution is 5.67. The molecule has 0 amide bonds. The molecule has 0 aliphatic rings. The summed E-state index contributed by atoms with van der Waals surface area (Å²) in [4.78, 5) is 0. The topological polar surface area (TPSA) is 19.4 Å². The van der Waals surface area contributed by atoms with Crippen molar-refractivity contribution in [2.45, 2.75) is 109 Å². The third-order valence-corrected chi connectivity index (χ3v) is 15.4. The number of hydrogen-bond acceptors (Lipinski definition) is 0. The van der Waals surface area contributed by atoms with Crippen LogP contribution >= 0.6 is 0 Å². The lowest BCUT2D eigenvalue weighted by molar-refractivity contribution is -0.661. The van der Waals surface area contributed by atoms with Crippen molar-refractivity contribution in [1.29, 1.82) is 0 Å². The first-order chi connectivity index (χ1) is 41.0. The van der Waals surface area contributed by atoms with Crippen LogP contribution in [0.25, 0.3) is 56.3 Å². The van der Waals surface area contributed by atoms with Crippen LogP contribution in [0.15, 0.2) is 195 Å². The molecule has 10 aromatic rings.